The second-order valence-electron chi connectivity index (χ2n) is 5.73. The Morgan fingerprint density at radius 1 is 1.08 bits per heavy atom. The maximum absolute atomic E-state index is 13.2. The molecule has 2 aromatic rings. The van der Waals surface area contributed by atoms with E-state index in [2.05, 4.69) is 0 Å². The molecule has 1 amide bonds. The Kier molecular flexibility index (Phi) is 5.37. The lowest BCUT2D eigenvalue weighted by molar-refractivity contribution is -0.141. The van der Waals surface area contributed by atoms with Gasteiger partial charge in [0, 0.05) is 11.3 Å². The standard InChI is InChI=1S/C19H19NO5S/c1-24-15-9-8-13(10-16(15)25-2)17(21)20-14(19(22)23)11-26-18(20)12-6-4-3-5-7-12/h3-10,14,18H,11H2,1-2H3,(H,22,23)/t14-,18-/m1/s1. The minimum atomic E-state index is -1.01. The fraction of sp³-hybridized carbons (Fsp3) is 0.263. The molecule has 2 atom stereocenters. The highest BCUT2D eigenvalue weighted by Gasteiger charge is 2.42. The highest BCUT2D eigenvalue weighted by molar-refractivity contribution is 7.99. The third-order valence-corrected chi connectivity index (χ3v) is 5.56. The molecule has 0 unspecified atom stereocenters. The average Bonchev–Trinajstić information content (AvgIpc) is 3.13. The Balaban J connectivity index is 1.99. The summed E-state index contributed by atoms with van der Waals surface area (Å²) in [6.45, 7) is 0. The lowest BCUT2D eigenvalue weighted by Gasteiger charge is -2.28. The van der Waals surface area contributed by atoms with Crippen molar-refractivity contribution in [1.82, 2.24) is 4.90 Å². The number of rotatable bonds is 5. The molecular weight excluding hydrogens is 354 g/mol. The number of ether oxygens (including phenoxy) is 2. The fourth-order valence-electron chi connectivity index (χ4n) is 2.94. The Morgan fingerprint density at radius 2 is 1.77 bits per heavy atom. The van der Waals surface area contributed by atoms with E-state index in [1.54, 1.807) is 18.2 Å². The molecule has 0 spiro atoms. The van der Waals surface area contributed by atoms with Crippen LogP contribution in [0.25, 0.3) is 0 Å². The third-order valence-electron chi connectivity index (χ3n) is 4.24. The van der Waals surface area contributed by atoms with Crippen LogP contribution in [0.2, 0.25) is 0 Å². The summed E-state index contributed by atoms with van der Waals surface area (Å²) in [6.07, 6.45) is 0. The van der Waals surface area contributed by atoms with Crippen LogP contribution in [0.5, 0.6) is 11.5 Å². The van der Waals surface area contributed by atoms with Gasteiger partial charge in [0.25, 0.3) is 5.91 Å². The molecule has 1 heterocycles. The predicted molar refractivity (Wildman–Crippen MR) is 98.8 cm³/mol. The molecule has 26 heavy (non-hydrogen) atoms. The largest absolute Gasteiger partial charge is 0.493 e. The van der Waals surface area contributed by atoms with E-state index in [1.165, 1.54) is 30.9 Å². The third kappa shape index (κ3) is 3.35. The van der Waals surface area contributed by atoms with E-state index in [-0.39, 0.29) is 11.3 Å². The van der Waals surface area contributed by atoms with Crippen molar-refractivity contribution in [2.75, 3.05) is 20.0 Å². The molecule has 3 rings (SSSR count). The lowest BCUT2D eigenvalue weighted by atomic mass is 10.1. The number of carbonyl (C=O) groups is 2. The van der Waals surface area contributed by atoms with Gasteiger partial charge in [0.05, 0.1) is 14.2 Å². The van der Waals surface area contributed by atoms with Gasteiger partial charge in [-0.15, -0.1) is 11.8 Å². The van der Waals surface area contributed by atoms with Crippen LogP contribution in [0.1, 0.15) is 21.3 Å². The van der Waals surface area contributed by atoms with Gasteiger partial charge in [0.1, 0.15) is 11.4 Å². The van der Waals surface area contributed by atoms with E-state index in [0.29, 0.717) is 22.8 Å². The van der Waals surface area contributed by atoms with Gasteiger partial charge in [-0.3, -0.25) is 4.79 Å². The Labute approximate surface area is 155 Å². The quantitative estimate of drug-likeness (QED) is 0.868. The van der Waals surface area contributed by atoms with Crippen molar-refractivity contribution < 1.29 is 24.2 Å². The van der Waals surface area contributed by atoms with Crippen molar-refractivity contribution in [1.29, 1.82) is 0 Å². The van der Waals surface area contributed by atoms with Crippen molar-refractivity contribution in [2.45, 2.75) is 11.4 Å². The van der Waals surface area contributed by atoms with E-state index in [1.807, 2.05) is 30.3 Å². The molecule has 2 aromatic carbocycles. The number of hydrogen-bond donors (Lipinski definition) is 1. The van der Waals surface area contributed by atoms with E-state index in [4.69, 9.17) is 9.47 Å². The number of carbonyl (C=O) groups excluding carboxylic acids is 1. The first-order valence-electron chi connectivity index (χ1n) is 8.01. The van der Waals surface area contributed by atoms with Crippen molar-refractivity contribution in [3.05, 3.63) is 59.7 Å². The van der Waals surface area contributed by atoms with Gasteiger partial charge < -0.3 is 19.5 Å². The molecule has 1 aliphatic heterocycles. The van der Waals surface area contributed by atoms with E-state index in [0.717, 1.165) is 5.56 Å². The van der Waals surface area contributed by atoms with Gasteiger partial charge in [-0.2, -0.15) is 0 Å². The number of aliphatic carboxylic acids is 1. The van der Waals surface area contributed by atoms with Gasteiger partial charge in [-0.25, -0.2) is 4.79 Å². The van der Waals surface area contributed by atoms with Crippen molar-refractivity contribution in [2.24, 2.45) is 0 Å². The number of hydrogen-bond acceptors (Lipinski definition) is 5. The molecule has 0 aromatic heterocycles. The molecular formula is C19H19NO5S. The topological polar surface area (TPSA) is 76.1 Å². The van der Waals surface area contributed by atoms with Gasteiger partial charge >= 0.3 is 5.97 Å². The van der Waals surface area contributed by atoms with E-state index < -0.39 is 12.0 Å². The zero-order valence-corrected chi connectivity index (χ0v) is 15.2. The van der Waals surface area contributed by atoms with Crippen LogP contribution in [0.4, 0.5) is 0 Å². The summed E-state index contributed by atoms with van der Waals surface area (Å²) in [4.78, 5) is 26.3. The molecule has 0 bridgehead atoms. The number of carboxylic acids is 1. The molecule has 1 fully saturated rings. The summed E-state index contributed by atoms with van der Waals surface area (Å²) < 4.78 is 10.5. The first-order chi connectivity index (χ1) is 12.6. The first-order valence-corrected chi connectivity index (χ1v) is 9.05. The zero-order valence-electron chi connectivity index (χ0n) is 14.4. The molecule has 1 aliphatic rings. The maximum atomic E-state index is 13.2. The first kappa shape index (κ1) is 18.1. The van der Waals surface area contributed by atoms with Gasteiger partial charge in [0.15, 0.2) is 11.5 Å². The molecule has 1 saturated heterocycles. The number of amides is 1. The summed E-state index contributed by atoms with van der Waals surface area (Å²) in [5, 5.41) is 9.23. The number of carboxylic acid groups (broad SMARTS) is 1. The second kappa shape index (κ2) is 7.70. The molecule has 1 N–H and O–H groups in total. The number of benzene rings is 2. The number of nitrogens with zero attached hydrogens (tertiary/aromatic N) is 1. The summed E-state index contributed by atoms with van der Waals surface area (Å²) in [7, 11) is 3.01. The average molecular weight is 373 g/mol. The van der Waals surface area contributed by atoms with Crippen molar-refractivity contribution in [3.63, 3.8) is 0 Å². The van der Waals surface area contributed by atoms with Crippen LogP contribution >= 0.6 is 11.8 Å². The van der Waals surface area contributed by atoms with Crippen LogP contribution in [0, 0.1) is 0 Å². The maximum Gasteiger partial charge on any atom is 0.327 e. The van der Waals surface area contributed by atoms with Gasteiger partial charge in [0.2, 0.25) is 0 Å². The molecule has 0 radical (unpaired) electrons. The summed E-state index contributed by atoms with van der Waals surface area (Å²) in [5.41, 5.74) is 1.26. The monoisotopic (exact) mass is 373 g/mol. The highest BCUT2D eigenvalue weighted by atomic mass is 32.2. The van der Waals surface area contributed by atoms with Crippen LogP contribution in [-0.4, -0.2) is 47.9 Å². The molecule has 6 nitrogen and oxygen atoms in total. The van der Waals surface area contributed by atoms with Crippen LogP contribution in [0.3, 0.4) is 0 Å². The normalized spacial score (nSPS) is 19.2. The second-order valence-corrected chi connectivity index (χ2v) is 6.85. The molecule has 0 saturated carbocycles. The molecule has 136 valence electrons. The van der Waals surface area contributed by atoms with Crippen molar-refractivity contribution >= 4 is 23.6 Å². The Morgan fingerprint density at radius 3 is 2.38 bits per heavy atom. The lowest BCUT2D eigenvalue weighted by Crippen LogP contribution is -2.42. The van der Waals surface area contributed by atoms with E-state index in [9.17, 15) is 14.7 Å². The van der Waals surface area contributed by atoms with Crippen LogP contribution in [-0.2, 0) is 4.79 Å². The van der Waals surface area contributed by atoms with E-state index >= 15 is 0 Å². The number of thioether (sulfide) groups is 1. The Hall–Kier alpha value is -2.67. The fourth-order valence-corrected chi connectivity index (χ4v) is 4.36. The molecule has 0 aliphatic carbocycles. The summed E-state index contributed by atoms with van der Waals surface area (Å²) >= 11 is 1.45. The zero-order chi connectivity index (χ0) is 18.7. The minimum absolute atomic E-state index is 0.341. The smallest absolute Gasteiger partial charge is 0.327 e. The summed E-state index contributed by atoms with van der Waals surface area (Å²) in [5.74, 6) is -0.0852. The van der Waals surface area contributed by atoms with Gasteiger partial charge in [-0.1, -0.05) is 30.3 Å². The van der Waals surface area contributed by atoms with Crippen molar-refractivity contribution in [3.8, 4) is 11.5 Å². The van der Waals surface area contributed by atoms with Crippen LogP contribution in [0.15, 0.2) is 48.5 Å². The highest BCUT2D eigenvalue weighted by Crippen LogP contribution is 2.42. The SMILES string of the molecule is COc1ccc(C(=O)N2[C@@H](C(=O)O)CS[C@@H]2c2ccccc2)cc1OC. The molecule has 7 heteroatoms. The number of methoxy groups -OCH3 is 2. The van der Waals surface area contributed by atoms with Gasteiger partial charge in [-0.05, 0) is 23.8 Å². The predicted octanol–water partition coefficient (Wildman–Crippen LogP) is 3.04. The summed E-state index contributed by atoms with van der Waals surface area (Å²) in [6, 6.07) is 13.4. The van der Waals surface area contributed by atoms with Crippen LogP contribution < -0.4 is 9.47 Å². The minimum Gasteiger partial charge on any atom is -0.493 e. The Bertz CT molecular complexity index is 811.